The molecule has 1 atom stereocenters. The first-order valence-electron chi connectivity index (χ1n) is 7.40. The molecular weight excluding hydrogens is 332 g/mol. The second-order valence-electron chi connectivity index (χ2n) is 5.18. The Morgan fingerprint density at radius 3 is 2.28 bits per heavy atom. The van der Waals surface area contributed by atoms with Crippen LogP contribution in [-0.4, -0.2) is 49.2 Å². The molecule has 2 bridgehead atoms. The molecule has 0 amide bonds. The minimum atomic E-state index is -2.03. The van der Waals surface area contributed by atoms with Gasteiger partial charge in [0.15, 0.2) is 0 Å². The van der Waals surface area contributed by atoms with E-state index >= 15 is 0 Å². The molecule has 3 aliphatic heterocycles. The van der Waals surface area contributed by atoms with Crippen molar-refractivity contribution in [1.29, 1.82) is 0 Å². The van der Waals surface area contributed by atoms with Crippen LogP contribution in [0.25, 0.3) is 0 Å². The number of ether oxygens (including phenoxy) is 3. The predicted octanol–water partition coefficient (Wildman–Crippen LogP) is 0.488. The fourth-order valence-corrected chi connectivity index (χ4v) is 2.74. The number of nitrogens with zero attached hydrogens (tertiary/aromatic N) is 5. The maximum atomic E-state index is 12.6. The predicted molar refractivity (Wildman–Crippen MR) is 79.9 cm³/mol. The van der Waals surface area contributed by atoms with E-state index in [4.69, 9.17) is 14.2 Å². The summed E-state index contributed by atoms with van der Waals surface area (Å²) in [4.78, 5) is 29.0. The molecule has 1 aromatic heterocycles. The zero-order valence-electron chi connectivity index (χ0n) is 13.8. The third-order valence-corrected chi connectivity index (χ3v) is 3.85. The monoisotopic (exact) mass is 348 g/mol. The summed E-state index contributed by atoms with van der Waals surface area (Å²) < 4.78 is 15.4. The molecular formula is C14H16N6O5. The number of aromatic nitrogens is 1. The number of azo groups is 2. The van der Waals surface area contributed by atoms with Crippen LogP contribution in [0.15, 0.2) is 44.9 Å². The van der Waals surface area contributed by atoms with Gasteiger partial charge in [0.2, 0.25) is 5.72 Å². The van der Waals surface area contributed by atoms with Crippen LogP contribution >= 0.6 is 0 Å². The lowest BCUT2D eigenvalue weighted by atomic mass is 9.89. The number of methoxy groups -OCH3 is 2. The third kappa shape index (κ3) is 2.16. The van der Waals surface area contributed by atoms with Crippen molar-refractivity contribution in [2.24, 2.45) is 20.5 Å². The SMILES string of the molecule is CCO[C@]1(c2ccccn2)NC2(C(=O)OC)N=NC1(C(=O)OC)N=N2. The zero-order valence-corrected chi connectivity index (χ0v) is 13.8. The minimum Gasteiger partial charge on any atom is -0.466 e. The minimum absolute atomic E-state index is 0.143. The standard InChI is InChI=1S/C14H16N6O5/c1-4-25-13(9-7-5-6-8-15-9)12(10(21)23-2)17-19-14(16-13,20-18-12)11(22)24-3/h5-8,16H,4H2,1-3H3/t12?,13-,14?/m0/s1. The average molecular weight is 348 g/mol. The van der Waals surface area contributed by atoms with Crippen molar-refractivity contribution in [2.75, 3.05) is 20.8 Å². The second kappa shape index (κ2) is 5.93. The molecule has 4 rings (SSSR count). The summed E-state index contributed by atoms with van der Waals surface area (Å²) in [6.45, 7) is 1.85. The Labute approximate surface area is 142 Å². The van der Waals surface area contributed by atoms with E-state index in [9.17, 15) is 9.59 Å². The van der Waals surface area contributed by atoms with Gasteiger partial charge >= 0.3 is 23.4 Å². The maximum absolute atomic E-state index is 12.6. The summed E-state index contributed by atoms with van der Waals surface area (Å²) >= 11 is 0. The van der Waals surface area contributed by atoms with Crippen LogP contribution in [0.1, 0.15) is 12.6 Å². The molecule has 11 heteroatoms. The fraction of sp³-hybridized carbons (Fsp3) is 0.500. The lowest BCUT2D eigenvalue weighted by Crippen LogP contribution is -2.75. The summed E-state index contributed by atoms with van der Waals surface area (Å²) in [6, 6.07) is 4.98. The van der Waals surface area contributed by atoms with Crippen molar-refractivity contribution in [3.05, 3.63) is 30.1 Å². The van der Waals surface area contributed by atoms with Gasteiger partial charge in [0, 0.05) is 12.8 Å². The van der Waals surface area contributed by atoms with Crippen LogP contribution in [0.4, 0.5) is 0 Å². The van der Waals surface area contributed by atoms with Crippen molar-refractivity contribution < 1.29 is 23.8 Å². The smallest absolute Gasteiger partial charge is 0.376 e. The molecule has 0 saturated carbocycles. The van der Waals surface area contributed by atoms with Gasteiger partial charge in [-0.3, -0.25) is 4.98 Å². The molecule has 25 heavy (non-hydrogen) atoms. The average Bonchev–Trinajstić information content (AvgIpc) is 2.68. The highest BCUT2D eigenvalue weighted by Crippen LogP contribution is 2.48. The van der Waals surface area contributed by atoms with Crippen molar-refractivity contribution in [3.8, 4) is 0 Å². The van der Waals surface area contributed by atoms with E-state index < -0.39 is 29.1 Å². The van der Waals surface area contributed by atoms with Gasteiger partial charge in [-0.05, 0) is 19.1 Å². The van der Waals surface area contributed by atoms with E-state index in [1.54, 1.807) is 25.1 Å². The van der Waals surface area contributed by atoms with Crippen molar-refractivity contribution in [2.45, 2.75) is 24.1 Å². The fourth-order valence-electron chi connectivity index (χ4n) is 2.74. The topological polar surface area (TPSA) is 136 Å². The Morgan fingerprint density at radius 1 is 1.08 bits per heavy atom. The Hall–Kier alpha value is -2.79. The molecule has 0 saturated heterocycles. The molecule has 0 unspecified atom stereocenters. The van der Waals surface area contributed by atoms with Crippen LogP contribution in [0.5, 0.6) is 0 Å². The summed E-state index contributed by atoms with van der Waals surface area (Å²) in [5.74, 6) is -3.71. The molecule has 4 heterocycles. The van der Waals surface area contributed by atoms with E-state index in [1.165, 1.54) is 20.4 Å². The summed E-state index contributed by atoms with van der Waals surface area (Å²) in [7, 11) is 2.34. The number of carbonyl (C=O) groups is 2. The van der Waals surface area contributed by atoms with Gasteiger partial charge in [0.05, 0.1) is 19.9 Å². The van der Waals surface area contributed by atoms with Crippen LogP contribution < -0.4 is 5.32 Å². The first-order valence-corrected chi connectivity index (χ1v) is 7.40. The number of esters is 2. The maximum Gasteiger partial charge on any atom is 0.376 e. The highest BCUT2D eigenvalue weighted by Gasteiger charge is 2.73. The normalized spacial score (nSPS) is 32.4. The largest absolute Gasteiger partial charge is 0.466 e. The van der Waals surface area contributed by atoms with Gasteiger partial charge in [-0.15, -0.1) is 20.5 Å². The zero-order chi connectivity index (χ0) is 18.1. The van der Waals surface area contributed by atoms with E-state index in [0.29, 0.717) is 0 Å². The van der Waals surface area contributed by atoms with E-state index in [0.717, 1.165) is 0 Å². The van der Waals surface area contributed by atoms with Crippen LogP contribution in [-0.2, 0) is 29.5 Å². The van der Waals surface area contributed by atoms with Crippen molar-refractivity contribution in [1.82, 2.24) is 10.3 Å². The molecule has 11 nitrogen and oxygen atoms in total. The Kier molecular flexibility index (Phi) is 4.05. The van der Waals surface area contributed by atoms with E-state index in [2.05, 4.69) is 30.8 Å². The number of rotatable bonds is 5. The lowest BCUT2D eigenvalue weighted by molar-refractivity contribution is -0.204. The van der Waals surface area contributed by atoms with Crippen molar-refractivity contribution >= 4 is 11.9 Å². The number of nitrogens with one attached hydrogen (secondary N) is 1. The van der Waals surface area contributed by atoms with Crippen molar-refractivity contribution in [3.63, 3.8) is 0 Å². The summed E-state index contributed by atoms with van der Waals surface area (Å²) in [6.07, 6.45) is 1.50. The van der Waals surface area contributed by atoms with Crippen LogP contribution in [0, 0.1) is 0 Å². The molecule has 0 aromatic carbocycles. The number of pyridine rings is 1. The van der Waals surface area contributed by atoms with Gasteiger partial charge in [0.1, 0.15) is 0 Å². The van der Waals surface area contributed by atoms with Gasteiger partial charge in [-0.2, -0.15) is 0 Å². The number of hydrogen-bond donors (Lipinski definition) is 1. The number of fused-ring (bicyclic) bond motifs is 1. The third-order valence-electron chi connectivity index (χ3n) is 3.85. The molecule has 0 radical (unpaired) electrons. The van der Waals surface area contributed by atoms with Gasteiger partial charge < -0.3 is 14.2 Å². The molecule has 132 valence electrons. The number of carbonyl (C=O) groups excluding carboxylic acids is 2. The molecule has 1 aromatic rings. The lowest BCUT2D eigenvalue weighted by Gasteiger charge is -2.49. The molecule has 0 spiro atoms. The Balaban J connectivity index is 2.27. The molecule has 3 aliphatic rings. The van der Waals surface area contributed by atoms with Gasteiger partial charge in [0.25, 0.3) is 0 Å². The van der Waals surface area contributed by atoms with E-state index in [1.807, 2.05) is 0 Å². The molecule has 0 aliphatic carbocycles. The molecule has 1 N–H and O–H groups in total. The Bertz CT molecular complexity index is 737. The van der Waals surface area contributed by atoms with Crippen LogP contribution in [0.2, 0.25) is 0 Å². The van der Waals surface area contributed by atoms with E-state index in [-0.39, 0.29) is 12.3 Å². The quantitative estimate of drug-likeness (QED) is 0.764. The van der Waals surface area contributed by atoms with Gasteiger partial charge in [-0.1, -0.05) is 6.07 Å². The summed E-state index contributed by atoms with van der Waals surface area (Å²) in [5, 5.41) is 18.4. The highest BCUT2D eigenvalue weighted by molar-refractivity contribution is 5.86. The Morgan fingerprint density at radius 2 is 1.76 bits per heavy atom. The highest BCUT2D eigenvalue weighted by atomic mass is 16.6. The second-order valence-corrected chi connectivity index (χ2v) is 5.18. The molecule has 0 fully saturated rings. The first-order chi connectivity index (χ1) is 12.0. The van der Waals surface area contributed by atoms with Gasteiger partial charge in [-0.25, -0.2) is 14.9 Å². The van der Waals surface area contributed by atoms with Crippen LogP contribution in [0.3, 0.4) is 0 Å². The number of hydrogen-bond acceptors (Lipinski definition) is 11. The summed E-state index contributed by atoms with van der Waals surface area (Å²) in [5.41, 5.74) is -3.52. The first kappa shape index (κ1) is 17.0.